The van der Waals surface area contributed by atoms with E-state index < -0.39 is 0 Å². The van der Waals surface area contributed by atoms with E-state index in [2.05, 4.69) is 29.0 Å². The van der Waals surface area contributed by atoms with Crippen molar-refractivity contribution >= 4 is 11.8 Å². The van der Waals surface area contributed by atoms with Crippen LogP contribution >= 0.6 is 0 Å². The summed E-state index contributed by atoms with van der Waals surface area (Å²) in [6, 6.07) is 3.37. The van der Waals surface area contributed by atoms with Crippen LogP contribution in [-0.2, 0) is 0 Å². The molecule has 6 heteroatoms. The Morgan fingerprint density at radius 1 is 1.12 bits per heavy atom. The highest BCUT2D eigenvalue weighted by atomic mass is 16.2. The Kier molecular flexibility index (Phi) is 6.31. The van der Waals surface area contributed by atoms with Gasteiger partial charge in [-0.1, -0.05) is 13.8 Å². The number of hydrogen-bond acceptors (Lipinski definition) is 4. The molecule has 2 heterocycles. The van der Waals surface area contributed by atoms with Gasteiger partial charge < -0.3 is 10.2 Å². The molecule has 24 heavy (non-hydrogen) atoms. The number of pyridine rings is 1. The SMILES string of the molecule is CC(C)CN1CCN(C(=O)c2ccc(C(=O)NC(C)C)cn2)CC1. The number of carbonyl (C=O) groups is 2. The van der Waals surface area contributed by atoms with E-state index in [9.17, 15) is 9.59 Å². The third kappa shape index (κ3) is 5.03. The maximum atomic E-state index is 12.5. The molecular formula is C18H28N4O2. The molecule has 1 saturated heterocycles. The van der Waals surface area contributed by atoms with Crippen LogP contribution in [0.15, 0.2) is 18.3 Å². The summed E-state index contributed by atoms with van der Waals surface area (Å²) in [4.78, 5) is 32.9. The highest BCUT2D eigenvalue weighted by Gasteiger charge is 2.23. The molecule has 132 valence electrons. The number of rotatable bonds is 5. The van der Waals surface area contributed by atoms with Crippen molar-refractivity contribution in [1.82, 2.24) is 20.1 Å². The van der Waals surface area contributed by atoms with Gasteiger partial charge in [0.25, 0.3) is 11.8 Å². The fraction of sp³-hybridized carbons (Fsp3) is 0.611. The highest BCUT2D eigenvalue weighted by Crippen LogP contribution is 2.10. The van der Waals surface area contributed by atoms with Gasteiger partial charge in [-0.05, 0) is 31.9 Å². The fourth-order valence-electron chi connectivity index (χ4n) is 2.81. The molecule has 0 radical (unpaired) electrons. The van der Waals surface area contributed by atoms with Gasteiger partial charge in [0.05, 0.1) is 5.56 Å². The summed E-state index contributed by atoms with van der Waals surface area (Å²) in [5.41, 5.74) is 0.871. The standard InChI is InChI=1S/C18H28N4O2/c1-13(2)12-21-7-9-22(10-8-21)18(24)16-6-5-15(11-19-16)17(23)20-14(3)4/h5-6,11,13-14H,7-10,12H2,1-4H3,(H,20,23). The first-order chi connectivity index (χ1) is 11.4. The van der Waals surface area contributed by atoms with Gasteiger partial charge in [-0.25, -0.2) is 0 Å². The van der Waals surface area contributed by atoms with Gasteiger partial charge in [-0.2, -0.15) is 0 Å². The quantitative estimate of drug-likeness (QED) is 0.890. The summed E-state index contributed by atoms with van der Waals surface area (Å²) >= 11 is 0. The van der Waals surface area contributed by atoms with Crippen molar-refractivity contribution in [2.24, 2.45) is 5.92 Å². The van der Waals surface area contributed by atoms with E-state index in [1.165, 1.54) is 6.20 Å². The minimum absolute atomic E-state index is 0.0602. The largest absolute Gasteiger partial charge is 0.350 e. The predicted octanol–water partition coefficient (Wildman–Crippen LogP) is 1.63. The minimum Gasteiger partial charge on any atom is -0.350 e. The van der Waals surface area contributed by atoms with Crippen LogP contribution in [0.2, 0.25) is 0 Å². The summed E-state index contributed by atoms with van der Waals surface area (Å²) in [7, 11) is 0. The number of nitrogens with one attached hydrogen (secondary N) is 1. The molecule has 6 nitrogen and oxygen atoms in total. The zero-order valence-electron chi connectivity index (χ0n) is 15.1. The van der Waals surface area contributed by atoms with Crippen LogP contribution in [0.4, 0.5) is 0 Å². The molecule has 0 atom stereocenters. The van der Waals surface area contributed by atoms with E-state index in [-0.39, 0.29) is 17.9 Å². The summed E-state index contributed by atoms with van der Waals surface area (Å²) < 4.78 is 0. The number of nitrogens with zero attached hydrogens (tertiary/aromatic N) is 3. The van der Waals surface area contributed by atoms with Crippen LogP contribution in [0.5, 0.6) is 0 Å². The molecule has 0 unspecified atom stereocenters. The van der Waals surface area contributed by atoms with Crippen LogP contribution in [0, 0.1) is 5.92 Å². The Bertz CT molecular complexity index is 561. The van der Waals surface area contributed by atoms with E-state index in [1.54, 1.807) is 12.1 Å². The second kappa shape index (κ2) is 8.24. The highest BCUT2D eigenvalue weighted by molar-refractivity contribution is 5.96. The van der Waals surface area contributed by atoms with E-state index in [4.69, 9.17) is 0 Å². The lowest BCUT2D eigenvalue weighted by atomic mass is 10.2. The van der Waals surface area contributed by atoms with Crippen molar-refractivity contribution in [3.05, 3.63) is 29.6 Å². The van der Waals surface area contributed by atoms with Gasteiger partial charge in [0.15, 0.2) is 0 Å². The van der Waals surface area contributed by atoms with Gasteiger partial charge in [-0.15, -0.1) is 0 Å². The average Bonchev–Trinajstić information content (AvgIpc) is 2.54. The van der Waals surface area contributed by atoms with Crippen LogP contribution in [0.25, 0.3) is 0 Å². The molecule has 1 aliphatic heterocycles. The van der Waals surface area contributed by atoms with Gasteiger partial charge in [0, 0.05) is 45.0 Å². The van der Waals surface area contributed by atoms with Gasteiger partial charge in [0.2, 0.25) is 0 Å². The van der Waals surface area contributed by atoms with E-state index in [0.29, 0.717) is 17.2 Å². The van der Waals surface area contributed by atoms with Crippen molar-refractivity contribution in [3.8, 4) is 0 Å². The van der Waals surface area contributed by atoms with Crippen molar-refractivity contribution in [2.45, 2.75) is 33.7 Å². The molecule has 0 aliphatic carbocycles. The van der Waals surface area contributed by atoms with Crippen molar-refractivity contribution in [3.63, 3.8) is 0 Å². The Labute approximate surface area is 144 Å². The maximum Gasteiger partial charge on any atom is 0.272 e. The Morgan fingerprint density at radius 3 is 2.29 bits per heavy atom. The summed E-state index contributed by atoms with van der Waals surface area (Å²) in [5, 5.41) is 2.81. The lowest BCUT2D eigenvalue weighted by Crippen LogP contribution is -2.49. The Hall–Kier alpha value is -1.95. The molecule has 2 amide bonds. The Morgan fingerprint density at radius 2 is 1.79 bits per heavy atom. The first-order valence-electron chi connectivity index (χ1n) is 8.65. The third-order valence-electron chi connectivity index (χ3n) is 3.95. The minimum atomic E-state index is -0.168. The average molecular weight is 332 g/mol. The molecule has 0 aromatic carbocycles. The van der Waals surface area contributed by atoms with Crippen LogP contribution < -0.4 is 5.32 Å². The van der Waals surface area contributed by atoms with Crippen molar-refractivity contribution in [2.75, 3.05) is 32.7 Å². The van der Waals surface area contributed by atoms with Crippen LogP contribution in [0.1, 0.15) is 48.5 Å². The lowest BCUT2D eigenvalue weighted by Gasteiger charge is -2.35. The first-order valence-corrected chi connectivity index (χ1v) is 8.65. The number of aromatic nitrogens is 1. The monoisotopic (exact) mass is 332 g/mol. The topological polar surface area (TPSA) is 65.5 Å². The molecule has 1 N–H and O–H groups in total. The molecular weight excluding hydrogens is 304 g/mol. The number of amides is 2. The van der Waals surface area contributed by atoms with E-state index in [1.807, 2.05) is 18.7 Å². The third-order valence-corrected chi connectivity index (χ3v) is 3.95. The molecule has 0 bridgehead atoms. The molecule has 1 aromatic rings. The second-order valence-electron chi connectivity index (χ2n) is 7.05. The molecule has 0 saturated carbocycles. The van der Waals surface area contributed by atoms with Gasteiger partial charge in [0.1, 0.15) is 5.69 Å². The number of carbonyl (C=O) groups excluding carboxylic acids is 2. The summed E-state index contributed by atoms with van der Waals surface area (Å²) in [6.45, 7) is 12.5. The molecule has 1 aliphatic rings. The molecule has 1 aromatic heterocycles. The Balaban J connectivity index is 1.92. The number of hydrogen-bond donors (Lipinski definition) is 1. The first kappa shape index (κ1) is 18.4. The smallest absolute Gasteiger partial charge is 0.272 e. The van der Waals surface area contributed by atoms with E-state index in [0.717, 1.165) is 32.7 Å². The number of piperazine rings is 1. The zero-order valence-corrected chi connectivity index (χ0v) is 15.1. The maximum absolute atomic E-state index is 12.5. The van der Waals surface area contributed by atoms with E-state index >= 15 is 0 Å². The summed E-state index contributed by atoms with van der Waals surface area (Å²) in [5.74, 6) is 0.410. The van der Waals surface area contributed by atoms with Crippen LogP contribution in [0.3, 0.4) is 0 Å². The normalized spacial score (nSPS) is 15.8. The van der Waals surface area contributed by atoms with Gasteiger partial charge >= 0.3 is 0 Å². The van der Waals surface area contributed by atoms with Gasteiger partial charge in [-0.3, -0.25) is 19.5 Å². The van der Waals surface area contributed by atoms with Crippen LogP contribution in [-0.4, -0.2) is 65.4 Å². The molecule has 0 spiro atoms. The van der Waals surface area contributed by atoms with Crippen molar-refractivity contribution in [1.29, 1.82) is 0 Å². The lowest BCUT2D eigenvalue weighted by molar-refractivity contribution is 0.0617. The summed E-state index contributed by atoms with van der Waals surface area (Å²) in [6.07, 6.45) is 1.47. The second-order valence-corrected chi connectivity index (χ2v) is 7.05. The molecule has 2 rings (SSSR count). The molecule has 1 fully saturated rings. The fourth-order valence-corrected chi connectivity index (χ4v) is 2.81. The zero-order chi connectivity index (χ0) is 17.7. The van der Waals surface area contributed by atoms with Crippen molar-refractivity contribution < 1.29 is 9.59 Å². The predicted molar refractivity (Wildman–Crippen MR) is 94.0 cm³/mol.